The van der Waals surface area contributed by atoms with Gasteiger partial charge in [-0.3, -0.25) is 0 Å². The van der Waals surface area contributed by atoms with Crippen LogP contribution in [0, 0.1) is 0 Å². The van der Waals surface area contributed by atoms with Gasteiger partial charge in [0.2, 0.25) is 0 Å². The Morgan fingerprint density at radius 2 is 0.667 bits per heavy atom. The Morgan fingerprint density at radius 3 is 1.29 bits per heavy atom. The number of aromatic nitrogens is 1. The summed E-state index contributed by atoms with van der Waals surface area (Å²) in [7, 11) is 0. The fourth-order valence-corrected chi connectivity index (χ4v) is 11.0. The minimum Gasteiger partial charge on any atom is -0.456 e. The molecule has 14 aromatic rings. The number of hydrogen-bond acceptors (Lipinski definition) is 2. The summed E-state index contributed by atoms with van der Waals surface area (Å²) < 4.78 is 8.75. The summed E-state index contributed by atoms with van der Waals surface area (Å²) in [5.74, 6) is 0. The fourth-order valence-electron chi connectivity index (χ4n) is 11.0. The van der Waals surface area contributed by atoms with Crippen LogP contribution >= 0.6 is 0 Å². The first-order chi connectivity index (χ1) is 34.2. The Bertz CT molecular complexity index is 4220. The van der Waals surface area contributed by atoms with Crippen molar-refractivity contribution in [2.24, 2.45) is 0 Å². The van der Waals surface area contributed by atoms with Gasteiger partial charge in [-0.2, -0.15) is 0 Å². The molecule has 0 spiro atoms. The lowest BCUT2D eigenvalue weighted by Gasteiger charge is -2.27. The van der Waals surface area contributed by atoms with Crippen LogP contribution in [0.4, 0.5) is 17.1 Å². The van der Waals surface area contributed by atoms with Crippen molar-refractivity contribution in [2.45, 2.75) is 0 Å². The van der Waals surface area contributed by atoms with Crippen LogP contribution in [0.1, 0.15) is 0 Å². The van der Waals surface area contributed by atoms with Crippen molar-refractivity contribution in [1.82, 2.24) is 4.57 Å². The second kappa shape index (κ2) is 15.7. The monoisotopic (exact) mass is 878 g/mol. The summed E-state index contributed by atoms with van der Waals surface area (Å²) in [6, 6.07) is 92.5. The first kappa shape index (κ1) is 39.0. The molecule has 0 saturated heterocycles. The molecule has 0 amide bonds. The zero-order valence-electron chi connectivity index (χ0n) is 37.6. The van der Waals surface area contributed by atoms with E-state index in [1.165, 1.54) is 65.3 Å². The van der Waals surface area contributed by atoms with Crippen molar-refractivity contribution in [3.63, 3.8) is 0 Å². The van der Waals surface area contributed by atoms with Crippen molar-refractivity contribution in [1.29, 1.82) is 0 Å². The molecule has 0 aliphatic rings. The normalized spacial score (nSPS) is 11.8. The maximum Gasteiger partial charge on any atom is 0.136 e. The molecule has 3 nitrogen and oxygen atoms in total. The number of rotatable bonds is 7. The van der Waals surface area contributed by atoms with Crippen molar-refractivity contribution >= 4 is 93.1 Å². The van der Waals surface area contributed by atoms with Crippen molar-refractivity contribution < 1.29 is 4.42 Å². The largest absolute Gasteiger partial charge is 0.456 e. The average Bonchev–Trinajstić information content (AvgIpc) is 3.97. The lowest BCUT2D eigenvalue weighted by Crippen LogP contribution is -2.10. The average molecular weight is 879 g/mol. The summed E-state index contributed by atoms with van der Waals surface area (Å²) in [6.45, 7) is 0. The number of para-hydroxylation sites is 4. The number of furan rings is 1. The van der Waals surface area contributed by atoms with Gasteiger partial charge in [0.05, 0.1) is 16.7 Å². The second-order valence-corrected chi connectivity index (χ2v) is 18.0. The molecule has 0 fully saturated rings. The molecule has 0 atom stereocenters. The molecule has 69 heavy (non-hydrogen) atoms. The van der Waals surface area contributed by atoms with E-state index in [0.29, 0.717) is 0 Å². The molecule has 322 valence electrons. The molecular weight excluding hydrogens is 837 g/mol. The van der Waals surface area contributed by atoms with Crippen LogP contribution in [0.15, 0.2) is 259 Å². The molecule has 2 heterocycles. The zero-order valence-corrected chi connectivity index (χ0v) is 37.6. The Morgan fingerprint density at radius 1 is 0.261 bits per heavy atom. The summed E-state index contributed by atoms with van der Waals surface area (Å²) in [5, 5.41) is 12.3. The standard InChI is InChI=1S/C66H42N2O/c1-2-16-50(45-33-39-60-59-24-10-14-28-65(59)69-66(60)41-45)49(15-1)43-29-34-46(35-30-43)67(48-38-40-56-54-20-4-3-18-52(54)53-19-5-6-21-55(53)61(56)42-48)47-36-31-44(32-37-47)51-17-7-11-25-62(51)68-63-26-12-8-22-57(63)58-23-9-13-27-64(58)68/h1-42H. The van der Waals surface area contributed by atoms with E-state index in [-0.39, 0.29) is 0 Å². The van der Waals surface area contributed by atoms with E-state index in [4.69, 9.17) is 4.42 Å². The van der Waals surface area contributed by atoms with E-state index in [0.717, 1.165) is 66.9 Å². The van der Waals surface area contributed by atoms with Crippen LogP contribution in [-0.2, 0) is 0 Å². The third-order valence-corrected chi connectivity index (χ3v) is 14.2. The van der Waals surface area contributed by atoms with Gasteiger partial charge in [-0.25, -0.2) is 0 Å². The summed E-state index contributed by atoms with van der Waals surface area (Å²) >= 11 is 0. The Kier molecular flexibility index (Phi) is 8.90. The van der Waals surface area contributed by atoms with Crippen molar-refractivity contribution in [2.75, 3.05) is 4.90 Å². The molecule has 0 unspecified atom stereocenters. The highest BCUT2D eigenvalue weighted by Crippen LogP contribution is 2.44. The molecule has 0 aliphatic carbocycles. The molecule has 0 bridgehead atoms. The van der Waals surface area contributed by atoms with Gasteiger partial charge in [-0.05, 0) is 133 Å². The van der Waals surface area contributed by atoms with Crippen LogP contribution in [-0.4, -0.2) is 4.57 Å². The lowest BCUT2D eigenvalue weighted by atomic mass is 9.93. The number of nitrogens with zero attached hydrogens (tertiary/aromatic N) is 2. The van der Waals surface area contributed by atoms with Gasteiger partial charge in [0.1, 0.15) is 11.2 Å². The number of anilines is 3. The van der Waals surface area contributed by atoms with Gasteiger partial charge in [0.15, 0.2) is 0 Å². The number of benzene rings is 12. The van der Waals surface area contributed by atoms with Crippen LogP contribution in [0.3, 0.4) is 0 Å². The highest BCUT2D eigenvalue weighted by Gasteiger charge is 2.19. The van der Waals surface area contributed by atoms with Crippen LogP contribution in [0.5, 0.6) is 0 Å². The predicted octanol–water partition coefficient (Wildman–Crippen LogP) is 18.6. The minimum absolute atomic E-state index is 0.895. The smallest absolute Gasteiger partial charge is 0.136 e. The molecule has 14 rings (SSSR count). The van der Waals surface area contributed by atoms with Crippen LogP contribution in [0.2, 0.25) is 0 Å². The zero-order chi connectivity index (χ0) is 45.4. The van der Waals surface area contributed by atoms with E-state index in [1.54, 1.807) is 0 Å². The van der Waals surface area contributed by atoms with Gasteiger partial charge in [0.25, 0.3) is 0 Å². The fraction of sp³-hybridized carbons (Fsp3) is 0. The van der Waals surface area contributed by atoms with E-state index in [1.807, 2.05) is 12.1 Å². The Labute approximate surface area is 399 Å². The second-order valence-electron chi connectivity index (χ2n) is 18.0. The quantitative estimate of drug-likeness (QED) is 0.149. The van der Waals surface area contributed by atoms with Gasteiger partial charge in [-0.15, -0.1) is 0 Å². The maximum absolute atomic E-state index is 6.34. The molecule has 3 heteroatoms. The molecule has 0 radical (unpaired) electrons. The SMILES string of the molecule is c1ccc(-c2ccc3c(c2)oc2ccccc23)c(-c2ccc(N(c3ccc(-c4ccccc4-n4c5ccccc5c5ccccc54)cc3)c3ccc4c5ccccc5c5ccccc5c4c3)cc2)c1. The molecule has 2 aromatic heterocycles. The minimum atomic E-state index is 0.895. The number of hydrogen-bond donors (Lipinski definition) is 0. The molecular formula is C66H42N2O. The van der Waals surface area contributed by atoms with Crippen LogP contribution in [0.25, 0.3) is 115 Å². The van der Waals surface area contributed by atoms with Gasteiger partial charge >= 0.3 is 0 Å². The molecule has 0 saturated carbocycles. The molecule has 0 aliphatic heterocycles. The lowest BCUT2D eigenvalue weighted by molar-refractivity contribution is 0.669. The maximum atomic E-state index is 6.34. The van der Waals surface area contributed by atoms with E-state index in [2.05, 4.69) is 252 Å². The summed E-state index contributed by atoms with van der Waals surface area (Å²) in [4.78, 5) is 2.40. The first-order valence-electron chi connectivity index (χ1n) is 23.7. The Balaban J connectivity index is 0.903. The number of fused-ring (bicyclic) bond motifs is 12. The van der Waals surface area contributed by atoms with E-state index >= 15 is 0 Å². The van der Waals surface area contributed by atoms with Gasteiger partial charge in [0, 0.05) is 44.2 Å². The third-order valence-electron chi connectivity index (χ3n) is 14.2. The summed E-state index contributed by atoms with van der Waals surface area (Å²) in [6.07, 6.45) is 0. The van der Waals surface area contributed by atoms with Crippen LogP contribution < -0.4 is 4.90 Å². The van der Waals surface area contributed by atoms with Crippen molar-refractivity contribution in [3.8, 4) is 39.1 Å². The summed E-state index contributed by atoms with van der Waals surface area (Å²) in [5.41, 5.74) is 15.5. The predicted molar refractivity (Wildman–Crippen MR) is 292 cm³/mol. The Hall–Kier alpha value is -9.18. The van der Waals surface area contributed by atoms with Gasteiger partial charge in [-0.1, -0.05) is 182 Å². The van der Waals surface area contributed by atoms with E-state index < -0.39 is 0 Å². The van der Waals surface area contributed by atoms with E-state index in [9.17, 15) is 0 Å². The van der Waals surface area contributed by atoms with Gasteiger partial charge < -0.3 is 13.9 Å². The third kappa shape index (κ3) is 6.29. The first-order valence-corrected chi connectivity index (χ1v) is 23.7. The molecule has 12 aromatic carbocycles. The molecule has 0 N–H and O–H groups in total. The topological polar surface area (TPSA) is 21.3 Å². The highest BCUT2D eigenvalue weighted by molar-refractivity contribution is 6.26. The highest BCUT2D eigenvalue weighted by atomic mass is 16.3. The van der Waals surface area contributed by atoms with Crippen molar-refractivity contribution in [3.05, 3.63) is 255 Å².